The summed E-state index contributed by atoms with van der Waals surface area (Å²) < 4.78 is 5.28. The highest BCUT2D eigenvalue weighted by Gasteiger charge is 2.38. The molecular formula is C36H39NO4. The summed E-state index contributed by atoms with van der Waals surface area (Å²) in [6, 6.07) is 35.0. The molecule has 0 saturated carbocycles. The van der Waals surface area contributed by atoms with E-state index < -0.39 is 29.1 Å². The van der Waals surface area contributed by atoms with Crippen LogP contribution < -0.4 is 5.32 Å². The van der Waals surface area contributed by atoms with E-state index in [9.17, 15) is 14.7 Å². The molecule has 0 heterocycles. The number of rotatable bonds is 9. The van der Waals surface area contributed by atoms with Crippen molar-refractivity contribution in [3.05, 3.63) is 142 Å². The standard InChI is InChI=1S/C36H39NO4/c1-25-23-30(24-26(2)31(25)21-22-32(33(38)39)37-34(40)41-35(3,4)5)36(27-15-9-6-10-16-27,28-17-11-7-12-18-28)29-19-13-8-14-20-29/h6-20,23-24,32H,21-22H2,1-5H3,(H,37,40)(H,38,39)/t32-/m0/s1. The van der Waals surface area contributed by atoms with Crippen molar-refractivity contribution in [2.24, 2.45) is 0 Å². The Morgan fingerprint density at radius 3 is 1.51 bits per heavy atom. The van der Waals surface area contributed by atoms with Crippen molar-refractivity contribution < 1.29 is 19.4 Å². The summed E-state index contributed by atoms with van der Waals surface area (Å²) in [5.74, 6) is -1.08. The minimum absolute atomic E-state index is 0.247. The van der Waals surface area contributed by atoms with Crippen molar-refractivity contribution in [3.8, 4) is 0 Å². The molecule has 2 N–H and O–H groups in total. The zero-order valence-electron chi connectivity index (χ0n) is 24.5. The van der Waals surface area contributed by atoms with Crippen molar-refractivity contribution in [2.75, 3.05) is 0 Å². The summed E-state index contributed by atoms with van der Waals surface area (Å²) in [4.78, 5) is 24.3. The van der Waals surface area contributed by atoms with Gasteiger partial charge in [-0.3, -0.25) is 0 Å². The van der Waals surface area contributed by atoms with Crippen LogP contribution >= 0.6 is 0 Å². The Kier molecular flexibility index (Phi) is 8.97. The van der Waals surface area contributed by atoms with Gasteiger partial charge in [-0.05, 0) is 86.4 Å². The number of carbonyl (C=O) groups is 2. The predicted octanol–water partition coefficient (Wildman–Crippen LogP) is 7.60. The van der Waals surface area contributed by atoms with Crippen LogP contribution in [-0.2, 0) is 21.4 Å². The molecule has 212 valence electrons. The van der Waals surface area contributed by atoms with E-state index in [4.69, 9.17) is 4.74 Å². The lowest BCUT2D eigenvalue weighted by atomic mass is 9.64. The number of hydrogen-bond donors (Lipinski definition) is 2. The lowest BCUT2D eigenvalue weighted by molar-refractivity contribution is -0.139. The number of benzene rings is 4. The smallest absolute Gasteiger partial charge is 0.408 e. The number of carboxylic acid groups (broad SMARTS) is 1. The second kappa shape index (κ2) is 12.4. The van der Waals surface area contributed by atoms with Crippen molar-refractivity contribution in [1.82, 2.24) is 5.32 Å². The summed E-state index contributed by atoms with van der Waals surface area (Å²) in [5.41, 5.74) is 6.60. The number of ether oxygens (including phenoxy) is 1. The molecule has 4 aromatic rings. The van der Waals surface area contributed by atoms with E-state index in [2.05, 4.69) is 104 Å². The van der Waals surface area contributed by atoms with E-state index in [0.717, 1.165) is 38.9 Å². The van der Waals surface area contributed by atoms with E-state index in [1.165, 1.54) is 0 Å². The normalized spacial score (nSPS) is 12.4. The Bertz CT molecular complexity index is 1360. The molecule has 0 saturated heterocycles. The SMILES string of the molecule is Cc1cc(C(c2ccccc2)(c2ccccc2)c2ccccc2)cc(C)c1CC[C@H](NC(=O)OC(C)(C)C)C(=O)O. The van der Waals surface area contributed by atoms with E-state index in [-0.39, 0.29) is 6.42 Å². The van der Waals surface area contributed by atoms with Crippen LogP contribution in [0, 0.1) is 13.8 Å². The van der Waals surface area contributed by atoms with Gasteiger partial charge in [0.25, 0.3) is 0 Å². The fraction of sp³-hybridized carbons (Fsp3) is 0.278. The first-order valence-corrected chi connectivity index (χ1v) is 14.0. The number of nitrogens with one attached hydrogen (secondary N) is 1. The van der Waals surface area contributed by atoms with Crippen LogP contribution in [0.15, 0.2) is 103 Å². The third-order valence-corrected chi connectivity index (χ3v) is 7.42. The third-order valence-electron chi connectivity index (χ3n) is 7.42. The first-order valence-electron chi connectivity index (χ1n) is 14.0. The second-order valence-electron chi connectivity index (χ2n) is 11.5. The van der Waals surface area contributed by atoms with Crippen molar-refractivity contribution in [1.29, 1.82) is 0 Å². The van der Waals surface area contributed by atoms with Gasteiger partial charge in [0, 0.05) is 0 Å². The molecule has 4 rings (SSSR count). The molecule has 41 heavy (non-hydrogen) atoms. The Morgan fingerprint density at radius 2 is 1.15 bits per heavy atom. The lowest BCUT2D eigenvalue weighted by Gasteiger charge is -2.37. The zero-order chi connectivity index (χ0) is 29.6. The molecule has 0 aromatic heterocycles. The first-order chi connectivity index (χ1) is 19.5. The molecule has 1 atom stereocenters. The maximum Gasteiger partial charge on any atom is 0.408 e. The van der Waals surface area contributed by atoms with Crippen molar-refractivity contribution in [2.45, 2.75) is 64.5 Å². The van der Waals surface area contributed by atoms with Gasteiger partial charge in [0.15, 0.2) is 0 Å². The summed E-state index contributed by atoms with van der Waals surface area (Å²) in [6.45, 7) is 9.40. The molecule has 5 nitrogen and oxygen atoms in total. The molecule has 0 spiro atoms. The van der Waals surface area contributed by atoms with Gasteiger partial charge < -0.3 is 15.2 Å². The number of carboxylic acids is 1. The summed E-state index contributed by atoms with van der Waals surface area (Å²) in [6.07, 6.45) is 0.0170. The molecular weight excluding hydrogens is 510 g/mol. The van der Waals surface area contributed by atoms with Gasteiger partial charge in [0.1, 0.15) is 11.6 Å². The topological polar surface area (TPSA) is 75.6 Å². The highest BCUT2D eigenvalue weighted by atomic mass is 16.6. The molecule has 0 aliphatic rings. The minimum atomic E-state index is -1.08. The molecule has 0 radical (unpaired) electrons. The fourth-order valence-electron chi connectivity index (χ4n) is 5.66. The number of aryl methyl sites for hydroxylation is 2. The predicted molar refractivity (Wildman–Crippen MR) is 163 cm³/mol. The van der Waals surface area contributed by atoms with E-state index in [1.54, 1.807) is 20.8 Å². The van der Waals surface area contributed by atoms with Crippen LogP contribution in [-0.4, -0.2) is 28.8 Å². The maximum absolute atomic E-state index is 12.3. The number of amides is 1. The fourth-order valence-corrected chi connectivity index (χ4v) is 5.66. The highest BCUT2D eigenvalue weighted by molar-refractivity contribution is 5.80. The van der Waals surface area contributed by atoms with Gasteiger partial charge >= 0.3 is 12.1 Å². The average molecular weight is 550 g/mol. The maximum atomic E-state index is 12.3. The second-order valence-corrected chi connectivity index (χ2v) is 11.5. The van der Waals surface area contributed by atoms with Gasteiger partial charge in [-0.15, -0.1) is 0 Å². The van der Waals surface area contributed by atoms with E-state index in [0.29, 0.717) is 6.42 Å². The van der Waals surface area contributed by atoms with Crippen LogP contribution in [0.1, 0.15) is 66.1 Å². The third kappa shape index (κ3) is 6.68. The molecule has 0 aliphatic heterocycles. The Labute approximate surface area is 243 Å². The van der Waals surface area contributed by atoms with Gasteiger partial charge in [-0.25, -0.2) is 9.59 Å². The molecule has 1 amide bonds. The van der Waals surface area contributed by atoms with Crippen LogP contribution in [0.4, 0.5) is 4.79 Å². The van der Waals surface area contributed by atoms with Crippen LogP contribution in [0.2, 0.25) is 0 Å². The van der Waals surface area contributed by atoms with Gasteiger partial charge in [-0.1, -0.05) is 103 Å². The van der Waals surface area contributed by atoms with Gasteiger partial charge in [0.2, 0.25) is 0 Å². The molecule has 4 aromatic carbocycles. The Hall–Kier alpha value is -4.38. The molecule has 0 aliphatic carbocycles. The van der Waals surface area contributed by atoms with Crippen molar-refractivity contribution in [3.63, 3.8) is 0 Å². The molecule has 0 fully saturated rings. The average Bonchev–Trinajstić information content (AvgIpc) is 2.93. The number of hydrogen-bond acceptors (Lipinski definition) is 3. The number of alkyl carbamates (subject to hydrolysis) is 1. The largest absolute Gasteiger partial charge is 0.480 e. The highest BCUT2D eigenvalue weighted by Crippen LogP contribution is 2.46. The number of aliphatic carboxylic acids is 1. The van der Waals surface area contributed by atoms with Crippen molar-refractivity contribution >= 4 is 12.1 Å². The minimum Gasteiger partial charge on any atom is -0.480 e. The monoisotopic (exact) mass is 549 g/mol. The molecule has 0 unspecified atom stereocenters. The van der Waals surface area contributed by atoms with Gasteiger partial charge in [0.05, 0.1) is 5.41 Å². The number of carbonyl (C=O) groups excluding carboxylic acids is 1. The zero-order valence-corrected chi connectivity index (χ0v) is 24.5. The van der Waals surface area contributed by atoms with E-state index >= 15 is 0 Å². The summed E-state index contributed by atoms with van der Waals surface area (Å²) in [5, 5.41) is 12.3. The van der Waals surface area contributed by atoms with Crippen LogP contribution in [0.3, 0.4) is 0 Å². The van der Waals surface area contributed by atoms with Gasteiger partial charge in [-0.2, -0.15) is 0 Å². The summed E-state index contributed by atoms with van der Waals surface area (Å²) in [7, 11) is 0. The molecule has 0 bridgehead atoms. The van der Waals surface area contributed by atoms with Crippen LogP contribution in [0.25, 0.3) is 0 Å². The van der Waals surface area contributed by atoms with E-state index in [1.807, 2.05) is 18.2 Å². The Morgan fingerprint density at radius 1 is 0.732 bits per heavy atom. The van der Waals surface area contributed by atoms with Crippen LogP contribution in [0.5, 0.6) is 0 Å². The first kappa shape index (κ1) is 29.6. The summed E-state index contributed by atoms with van der Waals surface area (Å²) >= 11 is 0. The Balaban J connectivity index is 1.77. The lowest BCUT2D eigenvalue weighted by Crippen LogP contribution is -2.43. The molecule has 5 heteroatoms. The quantitative estimate of drug-likeness (QED) is 0.211.